The molecule has 0 saturated carbocycles. The molecular formula is C28H20BrF3O7. The van der Waals surface area contributed by atoms with E-state index in [0.717, 1.165) is 10.5 Å². The normalized spacial score (nSPS) is 11.3. The third-order valence-electron chi connectivity index (χ3n) is 5.36. The molecule has 0 N–H and O–H groups in total. The molecule has 4 rings (SSSR count). The van der Waals surface area contributed by atoms with Gasteiger partial charge in [0.25, 0.3) is 5.76 Å². The fourth-order valence-electron chi connectivity index (χ4n) is 3.45. The van der Waals surface area contributed by atoms with E-state index in [1.165, 1.54) is 36.4 Å². The Hall–Kier alpha value is -4.12. The number of esters is 1. The number of hydrogen-bond acceptors (Lipinski definition) is 7. The van der Waals surface area contributed by atoms with Crippen molar-refractivity contribution < 1.29 is 41.4 Å². The Morgan fingerprint density at radius 2 is 1.56 bits per heavy atom. The number of carbonyl (C=O) groups excluding carboxylic acids is 2. The average Bonchev–Trinajstić information content (AvgIpc) is 2.91. The maximum absolute atomic E-state index is 13.9. The molecule has 0 unspecified atom stereocenters. The van der Waals surface area contributed by atoms with E-state index in [-0.39, 0.29) is 41.4 Å². The summed E-state index contributed by atoms with van der Waals surface area (Å²) in [6, 6.07) is 15.3. The molecule has 39 heavy (non-hydrogen) atoms. The van der Waals surface area contributed by atoms with E-state index in [4.69, 9.17) is 18.6 Å². The van der Waals surface area contributed by atoms with Crippen LogP contribution in [0.5, 0.6) is 17.2 Å². The fourth-order valence-corrected chi connectivity index (χ4v) is 3.71. The van der Waals surface area contributed by atoms with Gasteiger partial charge in [-0.1, -0.05) is 35.0 Å². The Labute approximate surface area is 228 Å². The number of halogens is 4. The summed E-state index contributed by atoms with van der Waals surface area (Å²) in [5.41, 5.74) is -0.907. The molecule has 0 bridgehead atoms. The Morgan fingerprint density at radius 3 is 2.21 bits per heavy atom. The highest BCUT2D eigenvalue weighted by Crippen LogP contribution is 2.38. The van der Waals surface area contributed by atoms with Crippen LogP contribution >= 0.6 is 15.9 Å². The molecular weight excluding hydrogens is 585 g/mol. The SMILES string of the molecule is CCCOC(=O)c1ccc(Oc2c(C(F)(F)F)oc3cc(OCC(=O)c4ccc(Br)cc4)ccc3c2=O)cc1. The van der Waals surface area contributed by atoms with Crippen molar-refractivity contribution in [2.24, 2.45) is 0 Å². The first-order chi connectivity index (χ1) is 18.6. The predicted molar refractivity (Wildman–Crippen MR) is 139 cm³/mol. The van der Waals surface area contributed by atoms with Crippen molar-refractivity contribution in [2.45, 2.75) is 19.5 Å². The zero-order valence-electron chi connectivity index (χ0n) is 20.3. The highest BCUT2D eigenvalue weighted by Gasteiger charge is 2.40. The average molecular weight is 605 g/mol. The van der Waals surface area contributed by atoms with Gasteiger partial charge in [0.2, 0.25) is 11.2 Å². The van der Waals surface area contributed by atoms with Gasteiger partial charge in [-0.05, 0) is 55.0 Å². The summed E-state index contributed by atoms with van der Waals surface area (Å²) in [6.45, 7) is 1.67. The Morgan fingerprint density at radius 1 is 0.923 bits per heavy atom. The quantitative estimate of drug-likeness (QED) is 0.147. The number of hydrogen-bond donors (Lipinski definition) is 0. The van der Waals surface area contributed by atoms with E-state index in [1.807, 2.05) is 6.92 Å². The van der Waals surface area contributed by atoms with Gasteiger partial charge in [0.05, 0.1) is 17.6 Å². The van der Waals surface area contributed by atoms with Crippen molar-refractivity contribution >= 4 is 38.7 Å². The number of fused-ring (bicyclic) bond motifs is 1. The fraction of sp³-hybridized carbons (Fsp3) is 0.179. The number of ketones is 1. The van der Waals surface area contributed by atoms with Gasteiger partial charge < -0.3 is 18.6 Å². The van der Waals surface area contributed by atoms with Crippen molar-refractivity contribution in [1.29, 1.82) is 0 Å². The summed E-state index contributed by atoms with van der Waals surface area (Å²) in [5, 5.41) is -0.190. The van der Waals surface area contributed by atoms with Crippen LogP contribution in [-0.4, -0.2) is 25.0 Å². The molecule has 0 atom stereocenters. The molecule has 1 heterocycles. The van der Waals surface area contributed by atoms with Gasteiger partial charge in [-0.15, -0.1) is 0 Å². The van der Waals surface area contributed by atoms with E-state index in [9.17, 15) is 27.6 Å². The summed E-state index contributed by atoms with van der Waals surface area (Å²) in [5.74, 6) is -3.74. The molecule has 0 amide bonds. The van der Waals surface area contributed by atoms with E-state index >= 15 is 0 Å². The van der Waals surface area contributed by atoms with Gasteiger partial charge in [0.15, 0.2) is 12.4 Å². The van der Waals surface area contributed by atoms with Crippen molar-refractivity contribution in [1.82, 2.24) is 0 Å². The number of benzene rings is 3. The zero-order valence-corrected chi connectivity index (χ0v) is 21.9. The lowest BCUT2D eigenvalue weighted by Crippen LogP contribution is -2.16. The van der Waals surface area contributed by atoms with Crippen LogP contribution in [0.25, 0.3) is 11.0 Å². The smallest absolute Gasteiger partial charge is 0.453 e. The van der Waals surface area contributed by atoms with Gasteiger partial charge in [0.1, 0.15) is 17.1 Å². The standard InChI is InChI=1S/C28H20BrF3O7/c1-2-13-36-27(35)17-5-9-19(10-6-17)38-25-24(34)21-12-11-20(14-23(21)39-26(25)28(30,31)32)37-15-22(33)16-3-7-18(29)8-4-16/h3-12,14H,2,13,15H2,1H3. The van der Waals surface area contributed by atoms with Crippen LogP contribution in [0, 0.1) is 0 Å². The van der Waals surface area contributed by atoms with Crippen LogP contribution in [-0.2, 0) is 10.9 Å². The molecule has 202 valence electrons. The minimum absolute atomic E-state index is 0.0310. The van der Waals surface area contributed by atoms with E-state index in [0.29, 0.717) is 12.0 Å². The largest absolute Gasteiger partial charge is 0.485 e. The zero-order chi connectivity index (χ0) is 28.2. The molecule has 0 saturated heterocycles. The first kappa shape index (κ1) is 27.9. The van der Waals surface area contributed by atoms with Crippen LogP contribution in [0.2, 0.25) is 0 Å². The van der Waals surface area contributed by atoms with Gasteiger partial charge in [-0.25, -0.2) is 4.79 Å². The van der Waals surface area contributed by atoms with Gasteiger partial charge in [0, 0.05) is 16.1 Å². The Bertz CT molecular complexity index is 1560. The molecule has 3 aromatic carbocycles. The summed E-state index contributed by atoms with van der Waals surface area (Å²) >= 11 is 3.27. The lowest BCUT2D eigenvalue weighted by atomic mass is 10.1. The Kier molecular flexibility index (Phi) is 8.39. The summed E-state index contributed by atoms with van der Waals surface area (Å²) < 4.78 is 63.2. The lowest BCUT2D eigenvalue weighted by Gasteiger charge is -2.14. The molecule has 7 nitrogen and oxygen atoms in total. The Balaban J connectivity index is 1.60. The highest BCUT2D eigenvalue weighted by atomic mass is 79.9. The van der Waals surface area contributed by atoms with Crippen molar-refractivity contribution in [3.8, 4) is 17.2 Å². The van der Waals surface area contributed by atoms with Gasteiger partial charge in [-0.2, -0.15) is 13.2 Å². The molecule has 0 aliphatic carbocycles. The van der Waals surface area contributed by atoms with E-state index < -0.39 is 34.7 Å². The molecule has 4 aromatic rings. The highest BCUT2D eigenvalue weighted by molar-refractivity contribution is 9.10. The van der Waals surface area contributed by atoms with Crippen molar-refractivity contribution in [3.63, 3.8) is 0 Å². The first-order valence-corrected chi connectivity index (χ1v) is 12.4. The van der Waals surface area contributed by atoms with E-state index in [1.54, 1.807) is 24.3 Å². The maximum atomic E-state index is 13.9. The molecule has 0 radical (unpaired) electrons. The number of rotatable bonds is 9. The number of carbonyl (C=O) groups is 2. The molecule has 11 heteroatoms. The molecule has 0 aliphatic rings. The summed E-state index contributed by atoms with van der Waals surface area (Å²) in [4.78, 5) is 37.3. The second-order valence-electron chi connectivity index (χ2n) is 8.23. The number of ether oxygens (including phenoxy) is 3. The monoisotopic (exact) mass is 604 g/mol. The van der Waals surface area contributed by atoms with Crippen LogP contribution in [0.15, 0.2) is 80.4 Å². The van der Waals surface area contributed by atoms with Crippen LogP contribution < -0.4 is 14.9 Å². The third-order valence-corrected chi connectivity index (χ3v) is 5.89. The molecule has 0 aliphatic heterocycles. The number of Topliss-reactive ketones (excluding diaryl/α,β-unsaturated/α-hetero) is 1. The van der Waals surface area contributed by atoms with Gasteiger partial charge in [-0.3, -0.25) is 9.59 Å². The second-order valence-corrected chi connectivity index (χ2v) is 9.14. The third kappa shape index (κ3) is 6.66. The van der Waals surface area contributed by atoms with Crippen LogP contribution in [0.3, 0.4) is 0 Å². The van der Waals surface area contributed by atoms with Crippen molar-refractivity contribution in [2.75, 3.05) is 13.2 Å². The molecule has 0 spiro atoms. The second kappa shape index (κ2) is 11.7. The lowest BCUT2D eigenvalue weighted by molar-refractivity contribution is -0.154. The maximum Gasteiger partial charge on any atom is 0.453 e. The van der Waals surface area contributed by atoms with E-state index in [2.05, 4.69) is 15.9 Å². The first-order valence-electron chi connectivity index (χ1n) is 11.6. The van der Waals surface area contributed by atoms with Gasteiger partial charge >= 0.3 is 12.1 Å². The van der Waals surface area contributed by atoms with Crippen LogP contribution in [0.4, 0.5) is 13.2 Å². The number of alkyl halides is 3. The topological polar surface area (TPSA) is 92.0 Å². The van der Waals surface area contributed by atoms with Crippen molar-refractivity contribution in [3.05, 3.63) is 98.3 Å². The minimum Gasteiger partial charge on any atom is -0.485 e. The summed E-state index contributed by atoms with van der Waals surface area (Å²) in [6.07, 6.45) is -4.44. The predicted octanol–water partition coefficient (Wildman–Crippen LogP) is 7.20. The molecule has 0 fully saturated rings. The molecule has 1 aromatic heterocycles. The summed E-state index contributed by atoms with van der Waals surface area (Å²) in [7, 11) is 0. The van der Waals surface area contributed by atoms with Crippen LogP contribution in [0.1, 0.15) is 39.8 Å². The minimum atomic E-state index is -5.07.